The van der Waals surface area contributed by atoms with E-state index < -0.39 is 0 Å². The monoisotopic (exact) mass is 409 g/mol. The van der Waals surface area contributed by atoms with Crippen LogP contribution in [0.25, 0.3) is 0 Å². The van der Waals surface area contributed by atoms with Crippen LogP contribution in [0.3, 0.4) is 0 Å². The van der Waals surface area contributed by atoms with E-state index in [-0.39, 0.29) is 23.7 Å². The molecule has 2 amide bonds. The van der Waals surface area contributed by atoms with Crippen molar-refractivity contribution in [1.29, 1.82) is 0 Å². The second-order valence-electron chi connectivity index (χ2n) is 8.05. The van der Waals surface area contributed by atoms with Gasteiger partial charge in [-0.15, -0.1) is 0 Å². The third kappa shape index (κ3) is 5.16. The quantitative estimate of drug-likeness (QED) is 0.732. The van der Waals surface area contributed by atoms with Gasteiger partial charge in [0.25, 0.3) is 0 Å². The van der Waals surface area contributed by atoms with E-state index in [1.165, 1.54) is 6.92 Å². The van der Waals surface area contributed by atoms with Crippen molar-refractivity contribution in [2.24, 2.45) is 5.92 Å². The fourth-order valence-corrected chi connectivity index (χ4v) is 4.08. The first-order valence-electron chi connectivity index (χ1n) is 10.3. The second kappa shape index (κ2) is 9.71. The molecule has 3 rings (SSSR count). The highest BCUT2D eigenvalue weighted by Crippen LogP contribution is 2.35. The molecule has 30 heavy (non-hydrogen) atoms. The van der Waals surface area contributed by atoms with Gasteiger partial charge in [-0.3, -0.25) is 14.5 Å². The van der Waals surface area contributed by atoms with Crippen LogP contribution in [-0.2, 0) is 22.7 Å². The number of nitrogens with one attached hydrogen (secondary N) is 2. The van der Waals surface area contributed by atoms with E-state index in [9.17, 15) is 9.59 Å². The SMILES string of the molecule is CNc1ncccc1CN1C[C@H](C(=O)N(C)C)[C@@H](c2ccc(CNC(C)=O)cc2)C1. The highest BCUT2D eigenvalue weighted by atomic mass is 16.2. The Labute approximate surface area is 178 Å². The van der Waals surface area contributed by atoms with Gasteiger partial charge < -0.3 is 15.5 Å². The number of nitrogens with zero attached hydrogens (tertiary/aromatic N) is 3. The Morgan fingerprint density at radius 1 is 1.17 bits per heavy atom. The van der Waals surface area contributed by atoms with Crippen molar-refractivity contribution >= 4 is 17.6 Å². The number of rotatable bonds is 7. The van der Waals surface area contributed by atoms with Crippen LogP contribution in [0.15, 0.2) is 42.6 Å². The highest BCUT2D eigenvalue weighted by molar-refractivity contribution is 5.80. The Hall–Kier alpha value is -2.93. The molecule has 2 aromatic rings. The first kappa shape index (κ1) is 21.8. The van der Waals surface area contributed by atoms with Crippen molar-refractivity contribution in [3.05, 3.63) is 59.3 Å². The van der Waals surface area contributed by atoms with Crippen LogP contribution in [0.5, 0.6) is 0 Å². The van der Waals surface area contributed by atoms with Crippen molar-refractivity contribution in [2.45, 2.75) is 25.9 Å². The van der Waals surface area contributed by atoms with Gasteiger partial charge in [0.15, 0.2) is 0 Å². The molecule has 0 saturated carbocycles. The lowest BCUT2D eigenvalue weighted by atomic mass is 9.87. The molecule has 7 heteroatoms. The zero-order valence-electron chi connectivity index (χ0n) is 18.2. The summed E-state index contributed by atoms with van der Waals surface area (Å²) >= 11 is 0. The number of hydrogen-bond donors (Lipinski definition) is 2. The van der Waals surface area contributed by atoms with Gasteiger partial charge in [-0.1, -0.05) is 30.3 Å². The molecule has 0 spiro atoms. The average Bonchev–Trinajstić information content (AvgIpc) is 3.16. The molecule has 1 aliphatic heterocycles. The molecule has 7 nitrogen and oxygen atoms in total. The number of aromatic nitrogens is 1. The molecule has 0 bridgehead atoms. The first-order chi connectivity index (χ1) is 14.4. The first-order valence-corrected chi connectivity index (χ1v) is 10.3. The molecule has 0 unspecified atom stereocenters. The summed E-state index contributed by atoms with van der Waals surface area (Å²) in [5.41, 5.74) is 3.33. The number of pyridine rings is 1. The molecular formula is C23H31N5O2. The number of carbonyl (C=O) groups is 2. The van der Waals surface area contributed by atoms with Gasteiger partial charge >= 0.3 is 0 Å². The van der Waals surface area contributed by atoms with E-state index in [1.807, 2.05) is 39.3 Å². The third-order valence-electron chi connectivity index (χ3n) is 5.62. The van der Waals surface area contributed by atoms with E-state index in [0.717, 1.165) is 35.6 Å². The maximum Gasteiger partial charge on any atom is 0.227 e. The fourth-order valence-electron chi connectivity index (χ4n) is 4.08. The van der Waals surface area contributed by atoms with Gasteiger partial charge in [-0.2, -0.15) is 0 Å². The summed E-state index contributed by atoms with van der Waals surface area (Å²) in [5, 5.41) is 5.97. The number of anilines is 1. The maximum absolute atomic E-state index is 12.9. The summed E-state index contributed by atoms with van der Waals surface area (Å²) in [5.74, 6) is 1.03. The van der Waals surface area contributed by atoms with Crippen LogP contribution in [0, 0.1) is 5.92 Å². The van der Waals surface area contributed by atoms with Crippen molar-refractivity contribution in [2.75, 3.05) is 39.5 Å². The van der Waals surface area contributed by atoms with Crippen LogP contribution in [-0.4, -0.2) is 60.8 Å². The molecule has 1 saturated heterocycles. The topological polar surface area (TPSA) is 77.6 Å². The van der Waals surface area contributed by atoms with E-state index in [1.54, 1.807) is 11.1 Å². The summed E-state index contributed by atoms with van der Waals surface area (Å²) in [6.45, 7) is 4.31. The van der Waals surface area contributed by atoms with Crippen molar-refractivity contribution in [1.82, 2.24) is 20.1 Å². The Kier molecular flexibility index (Phi) is 7.05. The summed E-state index contributed by atoms with van der Waals surface area (Å²) in [4.78, 5) is 32.5. The van der Waals surface area contributed by atoms with E-state index in [0.29, 0.717) is 13.1 Å². The van der Waals surface area contributed by atoms with Crippen molar-refractivity contribution < 1.29 is 9.59 Å². The van der Waals surface area contributed by atoms with E-state index >= 15 is 0 Å². The molecule has 1 aromatic carbocycles. The molecule has 1 fully saturated rings. The minimum absolute atomic E-state index is 0.0431. The van der Waals surface area contributed by atoms with E-state index in [2.05, 4.69) is 38.7 Å². The number of benzene rings is 1. The zero-order valence-corrected chi connectivity index (χ0v) is 18.2. The summed E-state index contributed by atoms with van der Waals surface area (Å²) in [6, 6.07) is 12.3. The molecule has 0 aliphatic carbocycles. The van der Waals surface area contributed by atoms with Gasteiger partial charge in [0.1, 0.15) is 5.82 Å². The largest absolute Gasteiger partial charge is 0.373 e. The lowest BCUT2D eigenvalue weighted by Crippen LogP contribution is -2.33. The minimum Gasteiger partial charge on any atom is -0.373 e. The summed E-state index contributed by atoms with van der Waals surface area (Å²) in [6.07, 6.45) is 1.78. The lowest BCUT2D eigenvalue weighted by molar-refractivity contribution is -0.133. The van der Waals surface area contributed by atoms with Gasteiger partial charge in [-0.25, -0.2) is 4.98 Å². The standard InChI is InChI=1S/C23H31N5O2/c1-16(29)26-12-17-7-9-18(10-8-17)20-14-28(15-21(20)23(30)27(3)4)13-19-6-5-11-25-22(19)24-2/h5-11,20-21H,12-15H2,1-4H3,(H,24,25)(H,26,29)/t20-,21+/m1/s1. The Bertz CT molecular complexity index is 881. The third-order valence-corrected chi connectivity index (χ3v) is 5.62. The van der Waals surface area contributed by atoms with Gasteiger partial charge in [-0.05, 0) is 17.2 Å². The molecule has 1 aliphatic rings. The van der Waals surface area contributed by atoms with Gasteiger partial charge in [0.05, 0.1) is 5.92 Å². The summed E-state index contributed by atoms with van der Waals surface area (Å²) < 4.78 is 0. The summed E-state index contributed by atoms with van der Waals surface area (Å²) in [7, 11) is 5.51. The van der Waals surface area contributed by atoms with Gasteiger partial charge in [0, 0.05) is 71.9 Å². The molecule has 1 aromatic heterocycles. The van der Waals surface area contributed by atoms with E-state index in [4.69, 9.17) is 0 Å². The lowest BCUT2D eigenvalue weighted by Gasteiger charge is -2.22. The number of carbonyl (C=O) groups excluding carboxylic acids is 2. The predicted molar refractivity (Wildman–Crippen MR) is 118 cm³/mol. The molecule has 2 atom stereocenters. The van der Waals surface area contributed by atoms with Crippen molar-refractivity contribution in [3.8, 4) is 0 Å². The fraction of sp³-hybridized carbons (Fsp3) is 0.435. The highest BCUT2D eigenvalue weighted by Gasteiger charge is 2.39. The minimum atomic E-state index is -0.0871. The number of amides is 2. The smallest absolute Gasteiger partial charge is 0.227 e. The zero-order chi connectivity index (χ0) is 21.7. The van der Waals surface area contributed by atoms with Crippen molar-refractivity contribution in [3.63, 3.8) is 0 Å². The Morgan fingerprint density at radius 3 is 2.53 bits per heavy atom. The van der Waals surface area contributed by atoms with Crippen LogP contribution < -0.4 is 10.6 Å². The Morgan fingerprint density at radius 2 is 1.90 bits per heavy atom. The number of likely N-dealkylation sites (tertiary alicyclic amines) is 1. The predicted octanol–water partition coefficient (Wildman–Crippen LogP) is 2.06. The van der Waals surface area contributed by atoms with Crippen LogP contribution in [0.2, 0.25) is 0 Å². The number of hydrogen-bond acceptors (Lipinski definition) is 5. The van der Waals surface area contributed by atoms with Crippen LogP contribution in [0.4, 0.5) is 5.82 Å². The normalized spacial score (nSPS) is 18.8. The second-order valence-corrected chi connectivity index (χ2v) is 8.05. The molecule has 160 valence electrons. The Balaban J connectivity index is 1.78. The average molecular weight is 410 g/mol. The molecule has 2 heterocycles. The molecular weight excluding hydrogens is 378 g/mol. The molecule has 2 N–H and O–H groups in total. The van der Waals surface area contributed by atoms with Gasteiger partial charge in [0.2, 0.25) is 11.8 Å². The van der Waals surface area contributed by atoms with Crippen LogP contribution >= 0.6 is 0 Å². The maximum atomic E-state index is 12.9. The molecule has 0 radical (unpaired) electrons. The van der Waals surface area contributed by atoms with Crippen LogP contribution in [0.1, 0.15) is 29.5 Å².